The van der Waals surface area contributed by atoms with Crippen molar-refractivity contribution in [1.82, 2.24) is 0 Å². The molecular weight excluding hydrogens is 196 g/mol. The van der Waals surface area contributed by atoms with E-state index in [1.165, 1.54) is 0 Å². The van der Waals surface area contributed by atoms with Crippen LogP contribution in [0.25, 0.3) is 0 Å². The Kier molecular flexibility index (Phi) is 7.32. The Balaban J connectivity index is 3.39. The quantitative estimate of drug-likeness (QED) is 0.367. The van der Waals surface area contributed by atoms with Crippen LogP contribution in [0.3, 0.4) is 0 Å². The van der Waals surface area contributed by atoms with Crippen LogP contribution in [-0.4, -0.2) is 25.2 Å². The monoisotopic (exact) mass is 214 g/mol. The van der Waals surface area contributed by atoms with Gasteiger partial charge in [-0.1, -0.05) is 20.4 Å². The molecule has 0 saturated heterocycles. The fourth-order valence-corrected chi connectivity index (χ4v) is 0.835. The lowest BCUT2D eigenvalue weighted by molar-refractivity contribution is -0.149. The average molecular weight is 214 g/mol. The summed E-state index contributed by atoms with van der Waals surface area (Å²) >= 11 is 0. The van der Waals surface area contributed by atoms with E-state index in [1.807, 2.05) is 13.8 Å². The van der Waals surface area contributed by atoms with Crippen molar-refractivity contribution in [1.29, 1.82) is 0 Å². The molecule has 0 aromatic rings. The van der Waals surface area contributed by atoms with E-state index in [0.717, 1.165) is 12.5 Å². The lowest BCUT2D eigenvalue weighted by Crippen LogP contribution is -2.13. The van der Waals surface area contributed by atoms with Gasteiger partial charge in [-0.15, -0.1) is 0 Å². The van der Waals surface area contributed by atoms with Crippen LogP contribution in [-0.2, 0) is 19.1 Å². The van der Waals surface area contributed by atoms with E-state index in [9.17, 15) is 9.59 Å². The number of rotatable bonds is 7. The first-order valence-electron chi connectivity index (χ1n) is 5.01. The van der Waals surface area contributed by atoms with Gasteiger partial charge in [-0.2, -0.15) is 0 Å². The molecule has 0 saturated carbocycles. The molecule has 0 fully saturated rings. The van der Waals surface area contributed by atoms with E-state index in [-0.39, 0.29) is 19.2 Å². The molecule has 0 aliphatic heterocycles. The second-order valence-corrected chi connectivity index (χ2v) is 3.52. The maximum Gasteiger partial charge on any atom is 0.330 e. The van der Waals surface area contributed by atoms with Gasteiger partial charge in [0.2, 0.25) is 0 Å². The summed E-state index contributed by atoms with van der Waals surface area (Å²) in [7, 11) is 0. The third-order valence-corrected chi connectivity index (χ3v) is 1.68. The van der Waals surface area contributed by atoms with Crippen LogP contribution >= 0.6 is 0 Å². The Bertz CT molecular complexity index is 221. The molecule has 0 atom stereocenters. The van der Waals surface area contributed by atoms with Crippen LogP contribution in [0.4, 0.5) is 0 Å². The molecule has 0 aromatic carbocycles. The zero-order chi connectivity index (χ0) is 11.7. The summed E-state index contributed by atoms with van der Waals surface area (Å²) in [5.74, 6) is -0.275. The first kappa shape index (κ1) is 13.7. The summed E-state index contributed by atoms with van der Waals surface area (Å²) in [6.07, 6.45) is 2.29. The van der Waals surface area contributed by atoms with Crippen molar-refractivity contribution >= 4 is 11.9 Å². The third-order valence-electron chi connectivity index (χ3n) is 1.68. The molecule has 0 N–H and O–H groups in total. The molecule has 0 aromatic heterocycles. The molecule has 0 rings (SSSR count). The van der Waals surface area contributed by atoms with Crippen LogP contribution in [0.2, 0.25) is 0 Å². The molecule has 4 heteroatoms. The summed E-state index contributed by atoms with van der Waals surface area (Å²) in [6, 6.07) is 0. The van der Waals surface area contributed by atoms with Crippen LogP contribution in [0, 0.1) is 5.92 Å². The molecule has 4 nitrogen and oxygen atoms in total. The fourth-order valence-electron chi connectivity index (χ4n) is 0.835. The molecule has 0 bridgehead atoms. The van der Waals surface area contributed by atoms with E-state index in [1.54, 1.807) is 0 Å². The van der Waals surface area contributed by atoms with Crippen LogP contribution < -0.4 is 0 Å². The summed E-state index contributed by atoms with van der Waals surface area (Å²) in [4.78, 5) is 21.7. The predicted octanol–water partition coefficient (Wildman–Crippen LogP) is 1.69. The van der Waals surface area contributed by atoms with E-state index < -0.39 is 5.97 Å². The maximum atomic E-state index is 11.1. The van der Waals surface area contributed by atoms with Gasteiger partial charge >= 0.3 is 11.9 Å². The minimum absolute atomic E-state index is 0.0816. The molecule has 0 spiro atoms. The number of hydrogen-bond donors (Lipinski definition) is 0. The standard InChI is InChI=1S/C11H18O4/c1-4-10(12)14-7-8-15-11(13)6-5-9(2)3/h4,9H,1,5-8H2,2-3H3. The van der Waals surface area contributed by atoms with E-state index >= 15 is 0 Å². The summed E-state index contributed by atoms with van der Waals surface area (Å²) in [5.41, 5.74) is 0. The second kappa shape index (κ2) is 8.03. The summed E-state index contributed by atoms with van der Waals surface area (Å²) in [5, 5.41) is 0. The molecule has 15 heavy (non-hydrogen) atoms. The Morgan fingerprint density at radius 3 is 2.40 bits per heavy atom. The topological polar surface area (TPSA) is 52.6 Å². The van der Waals surface area contributed by atoms with Gasteiger partial charge in [-0.3, -0.25) is 4.79 Å². The van der Waals surface area contributed by atoms with E-state index in [0.29, 0.717) is 12.3 Å². The van der Waals surface area contributed by atoms with Gasteiger partial charge in [0.15, 0.2) is 0 Å². The molecule has 0 radical (unpaired) electrons. The van der Waals surface area contributed by atoms with E-state index in [4.69, 9.17) is 4.74 Å². The Morgan fingerprint density at radius 1 is 1.27 bits per heavy atom. The third kappa shape index (κ3) is 9.00. The highest BCUT2D eigenvalue weighted by Gasteiger charge is 2.04. The number of ether oxygens (including phenoxy) is 2. The maximum absolute atomic E-state index is 11.1. The van der Waals surface area contributed by atoms with E-state index in [2.05, 4.69) is 11.3 Å². The Labute approximate surface area is 90.2 Å². The van der Waals surface area contributed by atoms with Crippen molar-refractivity contribution < 1.29 is 19.1 Å². The predicted molar refractivity (Wildman–Crippen MR) is 56.2 cm³/mol. The smallest absolute Gasteiger partial charge is 0.330 e. The number of hydrogen-bond acceptors (Lipinski definition) is 4. The largest absolute Gasteiger partial charge is 0.462 e. The Hall–Kier alpha value is -1.32. The zero-order valence-electron chi connectivity index (χ0n) is 9.32. The molecule has 86 valence electrons. The highest BCUT2D eigenvalue weighted by Crippen LogP contribution is 2.04. The molecule has 0 aliphatic carbocycles. The SMILES string of the molecule is C=CC(=O)OCCOC(=O)CCC(C)C. The van der Waals surface area contributed by atoms with Gasteiger partial charge in [-0.25, -0.2) is 4.79 Å². The number of carbonyl (C=O) groups excluding carboxylic acids is 2. The fraction of sp³-hybridized carbons (Fsp3) is 0.636. The normalized spacial score (nSPS) is 9.80. The Morgan fingerprint density at radius 2 is 1.87 bits per heavy atom. The van der Waals surface area contributed by atoms with Crippen molar-refractivity contribution in [3.63, 3.8) is 0 Å². The minimum Gasteiger partial charge on any atom is -0.462 e. The lowest BCUT2D eigenvalue weighted by Gasteiger charge is -2.06. The number of carbonyl (C=O) groups is 2. The van der Waals surface area contributed by atoms with Crippen LogP contribution in [0.1, 0.15) is 26.7 Å². The number of esters is 2. The van der Waals surface area contributed by atoms with Gasteiger partial charge in [0, 0.05) is 12.5 Å². The first-order chi connectivity index (χ1) is 7.06. The molecule has 0 amide bonds. The van der Waals surface area contributed by atoms with Gasteiger partial charge in [-0.05, 0) is 12.3 Å². The van der Waals surface area contributed by atoms with Crippen molar-refractivity contribution in [2.24, 2.45) is 5.92 Å². The van der Waals surface area contributed by atoms with Crippen molar-refractivity contribution in [2.75, 3.05) is 13.2 Å². The molecular formula is C11H18O4. The average Bonchev–Trinajstić information content (AvgIpc) is 2.21. The van der Waals surface area contributed by atoms with Crippen molar-refractivity contribution in [3.8, 4) is 0 Å². The first-order valence-corrected chi connectivity index (χ1v) is 5.01. The van der Waals surface area contributed by atoms with Crippen molar-refractivity contribution in [2.45, 2.75) is 26.7 Å². The molecule has 0 unspecified atom stereocenters. The van der Waals surface area contributed by atoms with Crippen LogP contribution in [0.5, 0.6) is 0 Å². The highest BCUT2D eigenvalue weighted by atomic mass is 16.6. The van der Waals surface area contributed by atoms with Gasteiger partial charge in [0.1, 0.15) is 13.2 Å². The highest BCUT2D eigenvalue weighted by molar-refractivity contribution is 5.81. The zero-order valence-corrected chi connectivity index (χ0v) is 9.32. The molecule has 0 aliphatic rings. The summed E-state index contributed by atoms with van der Waals surface area (Å²) < 4.78 is 9.47. The van der Waals surface area contributed by atoms with Crippen LogP contribution in [0.15, 0.2) is 12.7 Å². The van der Waals surface area contributed by atoms with Crippen molar-refractivity contribution in [3.05, 3.63) is 12.7 Å². The van der Waals surface area contributed by atoms with Gasteiger partial charge in [0.05, 0.1) is 0 Å². The van der Waals surface area contributed by atoms with Gasteiger partial charge < -0.3 is 9.47 Å². The second-order valence-electron chi connectivity index (χ2n) is 3.52. The summed E-state index contributed by atoms with van der Waals surface area (Å²) in [6.45, 7) is 7.51. The van der Waals surface area contributed by atoms with Gasteiger partial charge in [0.25, 0.3) is 0 Å². The minimum atomic E-state index is -0.506. The molecule has 0 heterocycles. The lowest BCUT2D eigenvalue weighted by atomic mass is 10.1.